The highest BCUT2D eigenvalue weighted by Crippen LogP contribution is 2.11. The van der Waals surface area contributed by atoms with Gasteiger partial charge in [-0.1, -0.05) is 18.2 Å². The summed E-state index contributed by atoms with van der Waals surface area (Å²) in [4.78, 5) is 11.6. The van der Waals surface area contributed by atoms with Crippen LogP contribution in [0.1, 0.15) is 28.7 Å². The first kappa shape index (κ1) is 13.3. The van der Waals surface area contributed by atoms with E-state index < -0.39 is 5.97 Å². The third kappa shape index (κ3) is 2.99. The Labute approximate surface area is 110 Å². The van der Waals surface area contributed by atoms with Crippen molar-refractivity contribution in [3.8, 4) is 0 Å². The summed E-state index contributed by atoms with van der Waals surface area (Å²) >= 11 is 0. The fraction of sp³-hybridized carbons (Fsp3) is 0.286. The fourth-order valence-electron chi connectivity index (χ4n) is 1.76. The van der Waals surface area contributed by atoms with Crippen LogP contribution in [0.5, 0.6) is 0 Å². The topological polar surface area (TPSA) is 44.1 Å². The van der Waals surface area contributed by atoms with Crippen molar-refractivity contribution in [3.05, 3.63) is 53.1 Å². The SMILES string of the molecule is CCOC(=O)c1cc(C)n(Cc2ccccc2F)n1. The molecule has 19 heavy (non-hydrogen) atoms. The molecule has 0 fully saturated rings. The predicted molar refractivity (Wildman–Crippen MR) is 68.4 cm³/mol. The zero-order valence-corrected chi connectivity index (χ0v) is 10.9. The van der Waals surface area contributed by atoms with E-state index in [2.05, 4.69) is 5.10 Å². The number of rotatable bonds is 4. The van der Waals surface area contributed by atoms with Crippen molar-refractivity contribution in [2.24, 2.45) is 0 Å². The summed E-state index contributed by atoms with van der Waals surface area (Å²) in [6.07, 6.45) is 0. The lowest BCUT2D eigenvalue weighted by molar-refractivity contribution is 0.0518. The van der Waals surface area contributed by atoms with Crippen LogP contribution in [-0.4, -0.2) is 22.4 Å². The van der Waals surface area contributed by atoms with Gasteiger partial charge in [-0.2, -0.15) is 5.10 Å². The first-order valence-corrected chi connectivity index (χ1v) is 6.06. The van der Waals surface area contributed by atoms with E-state index in [0.29, 0.717) is 12.2 Å². The number of benzene rings is 1. The number of aromatic nitrogens is 2. The summed E-state index contributed by atoms with van der Waals surface area (Å²) in [6, 6.07) is 8.14. The van der Waals surface area contributed by atoms with E-state index in [-0.39, 0.29) is 18.1 Å². The van der Waals surface area contributed by atoms with E-state index >= 15 is 0 Å². The van der Waals surface area contributed by atoms with Crippen molar-refractivity contribution in [1.29, 1.82) is 0 Å². The number of aryl methyl sites for hydroxylation is 1. The van der Waals surface area contributed by atoms with Crippen LogP contribution in [-0.2, 0) is 11.3 Å². The molecule has 0 aliphatic heterocycles. The minimum absolute atomic E-state index is 0.246. The van der Waals surface area contributed by atoms with E-state index in [1.807, 2.05) is 6.92 Å². The van der Waals surface area contributed by atoms with Crippen LogP contribution >= 0.6 is 0 Å². The largest absolute Gasteiger partial charge is 0.461 e. The van der Waals surface area contributed by atoms with E-state index in [4.69, 9.17) is 4.74 Å². The van der Waals surface area contributed by atoms with Gasteiger partial charge < -0.3 is 4.74 Å². The fourth-order valence-corrected chi connectivity index (χ4v) is 1.76. The third-order valence-electron chi connectivity index (χ3n) is 2.74. The summed E-state index contributed by atoms with van der Waals surface area (Å²) in [5, 5.41) is 4.14. The summed E-state index contributed by atoms with van der Waals surface area (Å²) < 4.78 is 20.0. The molecule has 0 bridgehead atoms. The number of hydrogen-bond acceptors (Lipinski definition) is 3. The maximum absolute atomic E-state index is 13.6. The monoisotopic (exact) mass is 262 g/mol. The highest BCUT2D eigenvalue weighted by Gasteiger charge is 2.14. The first-order chi connectivity index (χ1) is 9.11. The molecule has 0 atom stereocenters. The average molecular weight is 262 g/mol. The molecule has 0 radical (unpaired) electrons. The number of ether oxygens (including phenoxy) is 1. The molecule has 0 saturated heterocycles. The Morgan fingerprint density at radius 3 is 2.84 bits per heavy atom. The second-order valence-corrected chi connectivity index (χ2v) is 4.14. The van der Waals surface area contributed by atoms with Crippen LogP contribution in [0.15, 0.2) is 30.3 Å². The minimum atomic E-state index is -0.460. The average Bonchev–Trinajstić information content (AvgIpc) is 2.74. The number of carbonyl (C=O) groups excluding carboxylic acids is 1. The van der Waals surface area contributed by atoms with Gasteiger partial charge in [0.1, 0.15) is 5.82 Å². The molecule has 0 aliphatic rings. The molecule has 0 saturated carbocycles. The van der Waals surface area contributed by atoms with Gasteiger partial charge in [0.2, 0.25) is 0 Å². The van der Waals surface area contributed by atoms with Gasteiger partial charge in [-0.05, 0) is 26.0 Å². The summed E-state index contributed by atoms with van der Waals surface area (Å²) in [7, 11) is 0. The Morgan fingerprint density at radius 1 is 1.42 bits per heavy atom. The van der Waals surface area contributed by atoms with E-state index in [0.717, 1.165) is 5.69 Å². The van der Waals surface area contributed by atoms with E-state index in [1.165, 1.54) is 6.07 Å². The maximum atomic E-state index is 13.6. The summed E-state index contributed by atoms with van der Waals surface area (Å²) in [5.41, 5.74) is 1.56. The van der Waals surface area contributed by atoms with Crippen LogP contribution in [0.2, 0.25) is 0 Å². The molecular formula is C14H15FN2O2. The zero-order valence-electron chi connectivity index (χ0n) is 10.9. The van der Waals surface area contributed by atoms with Gasteiger partial charge in [-0.3, -0.25) is 4.68 Å². The molecule has 5 heteroatoms. The molecule has 1 aromatic carbocycles. The number of carbonyl (C=O) groups is 1. The van der Waals surface area contributed by atoms with Crippen LogP contribution in [0.3, 0.4) is 0 Å². The molecule has 0 unspecified atom stereocenters. The van der Waals surface area contributed by atoms with Gasteiger partial charge in [0.15, 0.2) is 5.69 Å². The second kappa shape index (κ2) is 5.65. The van der Waals surface area contributed by atoms with Crippen molar-refractivity contribution >= 4 is 5.97 Å². The predicted octanol–water partition coefficient (Wildman–Crippen LogP) is 2.56. The van der Waals surface area contributed by atoms with E-state index in [1.54, 1.807) is 35.9 Å². The smallest absolute Gasteiger partial charge is 0.358 e. The number of esters is 1. The standard InChI is InChI=1S/C14H15FN2O2/c1-3-19-14(18)13-8-10(2)17(16-13)9-11-6-4-5-7-12(11)15/h4-8H,3,9H2,1-2H3. The molecule has 2 rings (SSSR count). The van der Waals surface area contributed by atoms with Gasteiger partial charge in [0, 0.05) is 11.3 Å². The molecule has 0 N–H and O–H groups in total. The van der Waals surface area contributed by atoms with Crippen molar-refractivity contribution < 1.29 is 13.9 Å². The number of hydrogen-bond donors (Lipinski definition) is 0. The van der Waals surface area contributed by atoms with Gasteiger partial charge in [0.25, 0.3) is 0 Å². The molecule has 1 aromatic heterocycles. The molecule has 0 aliphatic carbocycles. The van der Waals surface area contributed by atoms with Gasteiger partial charge in [0.05, 0.1) is 13.2 Å². The molecule has 2 aromatic rings. The lowest BCUT2D eigenvalue weighted by Crippen LogP contribution is -2.09. The van der Waals surface area contributed by atoms with Gasteiger partial charge >= 0.3 is 5.97 Å². The molecule has 4 nitrogen and oxygen atoms in total. The van der Waals surface area contributed by atoms with Crippen LogP contribution < -0.4 is 0 Å². The number of nitrogens with zero attached hydrogens (tertiary/aromatic N) is 2. The first-order valence-electron chi connectivity index (χ1n) is 6.06. The van der Waals surface area contributed by atoms with Crippen molar-refractivity contribution in [2.45, 2.75) is 20.4 Å². The number of halogens is 1. The molecule has 0 amide bonds. The molecule has 100 valence electrons. The van der Waals surface area contributed by atoms with Gasteiger partial charge in [-0.15, -0.1) is 0 Å². The Bertz CT molecular complexity index is 593. The zero-order chi connectivity index (χ0) is 13.8. The highest BCUT2D eigenvalue weighted by atomic mass is 19.1. The van der Waals surface area contributed by atoms with Crippen molar-refractivity contribution in [3.63, 3.8) is 0 Å². The van der Waals surface area contributed by atoms with E-state index in [9.17, 15) is 9.18 Å². The summed E-state index contributed by atoms with van der Waals surface area (Å²) in [6.45, 7) is 4.15. The Kier molecular flexibility index (Phi) is 3.94. The van der Waals surface area contributed by atoms with Crippen LogP contribution in [0.25, 0.3) is 0 Å². The second-order valence-electron chi connectivity index (χ2n) is 4.14. The quantitative estimate of drug-likeness (QED) is 0.795. The highest BCUT2D eigenvalue weighted by molar-refractivity contribution is 5.87. The normalized spacial score (nSPS) is 10.5. The summed E-state index contributed by atoms with van der Waals surface area (Å²) in [5.74, 6) is -0.743. The van der Waals surface area contributed by atoms with Crippen LogP contribution in [0.4, 0.5) is 4.39 Å². The minimum Gasteiger partial charge on any atom is -0.461 e. The molecular weight excluding hydrogens is 247 g/mol. The maximum Gasteiger partial charge on any atom is 0.358 e. The van der Waals surface area contributed by atoms with Gasteiger partial charge in [-0.25, -0.2) is 9.18 Å². The lowest BCUT2D eigenvalue weighted by Gasteiger charge is -2.05. The third-order valence-corrected chi connectivity index (χ3v) is 2.74. The molecule has 1 heterocycles. The van der Waals surface area contributed by atoms with Crippen molar-refractivity contribution in [2.75, 3.05) is 6.61 Å². The van der Waals surface area contributed by atoms with Crippen molar-refractivity contribution in [1.82, 2.24) is 9.78 Å². The Morgan fingerprint density at radius 2 is 2.16 bits per heavy atom. The molecule has 0 spiro atoms. The Hall–Kier alpha value is -2.17. The Balaban J connectivity index is 2.22. The lowest BCUT2D eigenvalue weighted by atomic mass is 10.2. The van der Waals surface area contributed by atoms with Crippen LogP contribution in [0, 0.1) is 12.7 Å².